The van der Waals surface area contributed by atoms with Crippen LogP contribution in [0.5, 0.6) is 0 Å². The number of amides is 2. The molecule has 0 spiro atoms. The summed E-state index contributed by atoms with van der Waals surface area (Å²) in [5, 5.41) is 5.24. The zero-order valence-corrected chi connectivity index (χ0v) is 23.0. The van der Waals surface area contributed by atoms with E-state index in [1.807, 2.05) is 59.5 Å². The summed E-state index contributed by atoms with van der Waals surface area (Å²) in [5.74, 6) is -0.208. The molecule has 0 radical (unpaired) electrons. The second-order valence-corrected chi connectivity index (χ2v) is 11.2. The number of carbonyl (C=O) groups is 2. The number of fused-ring (bicyclic) bond motifs is 2. The van der Waals surface area contributed by atoms with Crippen molar-refractivity contribution in [3.8, 4) is 0 Å². The molecule has 2 heterocycles. The van der Waals surface area contributed by atoms with Gasteiger partial charge >= 0.3 is 0 Å². The second kappa shape index (κ2) is 11.3. The van der Waals surface area contributed by atoms with Gasteiger partial charge in [0.05, 0.1) is 6.04 Å². The van der Waals surface area contributed by atoms with Crippen molar-refractivity contribution in [1.82, 2.24) is 9.80 Å². The van der Waals surface area contributed by atoms with E-state index in [1.165, 1.54) is 4.88 Å². The first-order chi connectivity index (χ1) is 18.0. The predicted octanol–water partition coefficient (Wildman–Crippen LogP) is 7.62. The largest absolute Gasteiger partial charge is 0.330 e. The first-order valence-corrected chi connectivity index (χ1v) is 14.2. The number of hydrogen-bond donors (Lipinski definition) is 0. The van der Waals surface area contributed by atoms with E-state index in [-0.39, 0.29) is 24.4 Å². The Kier molecular flexibility index (Phi) is 7.84. The van der Waals surface area contributed by atoms with Crippen molar-refractivity contribution in [2.75, 3.05) is 19.6 Å². The fourth-order valence-electron chi connectivity index (χ4n) is 5.00. The normalized spacial score (nSPS) is 15.0. The molecule has 0 saturated heterocycles. The van der Waals surface area contributed by atoms with E-state index in [0.29, 0.717) is 28.7 Å². The molecule has 7 heteroatoms. The molecule has 3 aromatic carbocycles. The second-order valence-electron chi connectivity index (χ2n) is 9.35. The number of hydrogen-bond acceptors (Lipinski definition) is 3. The molecule has 4 nitrogen and oxygen atoms in total. The minimum absolute atomic E-state index is 0.0207. The maximum absolute atomic E-state index is 13.9. The number of unbranched alkanes of at least 4 members (excludes halogenated alkanes) is 1. The summed E-state index contributed by atoms with van der Waals surface area (Å²) >= 11 is 14.5. The van der Waals surface area contributed by atoms with Crippen molar-refractivity contribution in [3.63, 3.8) is 0 Å². The summed E-state index contributed by atoms with van der Waals surface area (Å²) < 4.78 is 0. The summed E-state index contributed by atoms with van der Waals surface area (Å²) in [6, 6.07) is 20.9. The molecule has 0 fully saturated rings. The van der Waals surface area contributed by atoms with E-state index in [2.05, 4.69) is 18.4 Å². The first kappa shape index (κ1) is 25.8. The van der Waals surface area contributed by atoms with Gasteiger partial charge in [0.15, 0.2) is 0 Å². The quantitative estimate of drug-likeness (QED) is 0.237. The third-order valence-electron chi connectivity index (χ3n) is 6.93. The van der Waals surface area contributed by atoms with E-state index < -0.39 is 0 Å². The number of nitrogens with zero attached hydrogens (tertiary/aromatic N) is 2. The van der Waals surface area contributed by atoms with Gasteiger partial charge in [0.1, 0.15) is 6.54 Å². The van der Waals surface area contributed by atoms with Crippen molar-refractivity contribution in [2.24, 2.45) is 0 Å². The summed E-state index contributed by atoms with van der Waals surface area (Å²) in [5.41, 5.74) is 2.54. The lowest BCUT2D eigenvalue weighted by molar-refractivity contribution is -0.134. The highest BCUT2D eigenvalue weighted by Crippen LogP contribution is 2.41. The maximum atomic E-state index is 13.9. The van der Waals surface area contributed by atoms with Gasteiger partial charge in [-0.2, -0.15) is 0 Å². The van der Waals surface area contributed by atoms with Crippen LogP contribution in [-0.2, 0) is 11.2 Å². The Morgan fingerprint density at radius 2 is 1.81 bits per heavy atom. The topological polar surface area (TPSA) is 40.6 Å². The van der Waals surface area contributed by atoms with Crippen molar-refractivity contribution < 1.29 is 9.59 Å². The molecule has 1 aliphatic heterocycles. The van der Waals surface area contributed by atoms with Crippen molar-refractivity contribution in [3.05, 3.63) is 104 Å². The smallest absolute Gasteiger partial charge is 0.254 e. The van der Waals surface area contributed by atoms with Crippen LogP contribution in [0.2, 0.25) is 10.0 Å². The minimum atomic E-state index is -0.309. The Morgan fingerprint density at radius 3 is 2.59 bits per heavy atom. The van der Waals surface area contributed by atoms with Crippen LogP contribution in [0.1, 0.15) is 52.2 Å². The highest BCUT2D eigenvalue weighted by atomic mass is 35.5. The Hall–Kier alpha value is -2.86. The van der Waals surface area contributed by atoms with E-state index in [1.54, 1.807) is 22.3 Å². The van der Waals surface area contributed by atoms with Crippen LogP contribution in [0.25, 0.3) is 10.8 Å². The molecule has 4 aromatic rings. The van der Waals surface area contributed by atoms with Crippen molar-refractivity contribution in [1.29, 1.82) is 0 Å². The van der Waals surface area contributed by atoms with E-state index in [4.69, 9.17) is 23.2 Å². The highest BCUT2D eigenvalue weighted by molar-refractivity contribution is 7.10. The molecule has 2 amide bonds. The van der Waals surface area contributed by atoms with Gasteiger partial charge in [0.25, 0.3) is 5.91 Å². The van der Waals surface area contributed by atoms with Crippen LogP contribution in [-0.4, -0.2) is 41.2 Å². The van der Waals surface area contributed by atoms with Crippen molar-refractivity contribution >= 4 is 57.1 Å². The van der Waals surface area contributed by atoms with Crippen LogP contribution >= 0.6 is 34.5 Å². The lowest BCUT2D eigenvalue weighted by Gasteiger charge is -2.38. The average molecular weight is 552 g/mol. The molecule has 0 unspecified atom stereocenters. The Bertz CT molecular complexity index is 1450. The molecule has 1 aliphatic rings. The third-order valence-corrected chi connectivity index (χ3v) is 8.49. The van der Waals surface area contributed by atoms with Gasteiger partial charge in [-0.05, 0) is 70.5 Å². The standard InChI is InChI=1S/C30H28Cl2N2O2S/c1-2-3-14-33(30(36)22-9-8-20-6-4-5-7-21(20)17-22)19-28(35)34-15-12-27-25(13-16-37-27)29(34)24-11-10-23(31)18-26(24)32/h4-11,13,16-18,29H,2-3,12,14-15,19H2,1H3/t29-/m0/s1. The van der Waals surface area contributed by atoms with Crippen LogP contribution in [0.4, 0.5) is 0 Å². The number of benzene rings is 3. The molecule has 190 valence electrons. The lowest BCUT2D eigenvalue weighted by atomic mass is 9.93. The fraction of sp³-hybridized carbons (Fsp3) is 0.267. The summed E-state index contributed by atoms with van der Waals surface area (Å²) in [6.45, 7) is 3.20. The number of halogens is 2. The molecule has 0 saturated carbocycles. The van der Waals surface area contributed by atoms with Gasteiger partial charge < -0.3 is 9.80 Å². The summed E-state index contributed by atoms with van der Waals surface area (Å²) in [4.78, 5) is 32.3. The average Bonchev–Trinajstić information content (AvgIpc) is 3.39. The maximum Gasteiger partial charge on any atom is 0.254 e. The number of thiophene rings is 1. The molecular weight excluding hydrogens is 523 g/mol. The van der Waals surface area contributed by atoms with Crippen LogP contribution in [0.15, 0.2) is 72.1 Å². The number of carbonyl (C=O) groups excluding carboxylic acids is 2. The summed E-state index contributed by atoms with van der Waals surface area (Å²) in [7, 11) is 0. The van der Waals surface area contributed by atoms with Gasteiger partial charge in [-0.1, -0.05) is 72.9 Å². The molecule has 37 heavy (non-hydrogen) atoms. The highest BCUT2D eigenvalue weighted by Gasteiger charge is 2.35. The van der Waals surface area contributed by atoms with Crippen LogP contribution in [0, 0.1) is 0 Å². The molecule has 1 aromatic heterocycles. The van der Waals surface area contributed by atoms with E-state index in [9.17, 15) is 9.59 Å². The zero-order valence-electron chi connectivity index (χ0n) is 20.6. The first-order valence-electron chi connectivity index (χ1n) is 12.5. The van der Waals surface area contributed by atoms with Gasteiger partial charge in [0, 0.05) is 33.6 Å². The Balaban J connectivity index is 1.44. The van der Waals surface area contributed by atoms with E-state index >= 15 is 0 Å². The molecule has 0 aliphatic carbocycles. The lowest BCUT2D eigenvalue weighted by Crippen LogP contribution is -2.47. The summed E-state index contributed by atoms with van der Waals surface area (Å²) in [6.07, 6.45) is 2.54. The molecule has 0 bridgehead atoms. The minimum Gasteiger partial charge on any atom is -0.330 e. The fourth-order valence-corrected chi connectivity index (χ4v) is 6.42. The molecular formula is C30H28Cl2N2O2S. The monoisotopic (exact) mass is 550 g/mol. The van der Waals surface area contributed by atoms with Gasteiger partial charge in [-0.3, -0.25) is 9.59 Å². The molecule has 0 N–H and O–H groups in total. The van der Waals surface area contributed by atoms with Crippen LogP contribution < -0.4 is 0 Å². The van der Waals surface area contributed by atoms with Gasteiger partial charge in [-0.25, -0.2) is 0 Å². The molecule has 1 atom stereocenters. The number of rotatable bonds is 7. The van der Waals surface area contributed by atoms with Crippen molar-refractivity contribution in [2.45, 2.75) is 32.2 Å². The predicted molar refractivity (Wildman–Crippen MR) is 153 cm³/mol. The zero-order chi connectivity index (χ0) is 25.9. The SMILES string of the molecule is CCCCN(CC(=O)N1CCc2sccc2[C@@H]1c1ccc(Cl)cc1Cl)C(=O)c1ccc2ccccc2c1. The Labute approximate surface area is 231 Å². The van der Waals surface area contributed by atoms with Gasteiger partial charge in [0.2, 0.25) is 5.91 Å². The third kappa shape index (κ3) is 5.40. The van der Waals surface area contributed by atoms with Gasteiger partial charge in [-0.15, -0.1) is 11.3 Å². The van der Waals surface area contributed by atoms with Crippen LogP contribution in [0.3, 0.4) is 0 Å². The molecule has 5 rings (SSSR count). The van der Waals surface area contributed by atoms with E-state index in [0.717, 1.165) is 41.2 Å². The Morgan fingerprint density at radius 1 is 1.00 bits per heavy atom.